The van der Waals surface area contributed by atoms with Crippen molar-refractivity contribution in [2.75, 3.05) is 11.9 Å². The van der Waals surface area contributed by atoms with Crippen molar-refractivity contribution in [2.24, 2.45) is 7.05 Å². The highest BCUT2D eigenvalue weighted by atomic mass is 16.2. The van der Waals surface area contributed by atoms with Crippen molar-refractivity contribution < 1.29 is 4.79 Å². The molecule has 0 radical (unpaired) electrons. The molecule has 3 aromatic rings. The molecule has 0 aliphatic carbocycles. The number of aryl methyl sites for hydroxylation is 1. The predicted octanol–water partition coefficient (Wildman–Crippen LogP) is 3.25. The highest BCUT2D eigenvalue weighted by Crippen LogP contribution is 2.32. The highest BCUT2D eigenvalue weighted by Gasteiger charge is 2.31. The van der Waals surface area contributed by atoms with Crippen molar-refractivity contribution >= 4 is 12.0 Å². The Bertz CT molecular complexity index is 907. The second kappa shape index (κ2) is 6.95. The fourth-order valence-electron chi connectivity index (χ4n) is 3.41. The zero-order valence-electron chi connectivity index (χ0n) is 14.5. The fraction of sp³-hybridized carbons (Fsp3) is 0.263. The van der Waals surface area contributed by atoms with Crippen LogP contribution < -0.4 is 5.32 Å². The molecule has 3 heterocycles. The van der Waals surface area contributed by atoms with Crippen molar-refractivity contribution in [2.45, 2.75) is 18.9 Å². The molecule has 1 aromatic carbocycles. The first-order chi connectivity index (χ1) is 12.7. The number of hydrogen-bond donors (Lipinski definition) is 1. The lowest BCUT2D eigenvalue weighted by molar-refractivity contribution is 0.205. The molecular weight excluding hydrogens is 328 g/mol. The van der Waals surface area contributed by atoms with Crippen molar-refractivity contribution in [3.05, 3.63) is 60.6 Å². The van der Waals surface area contributed by atoms with Crippen LogP contribution in [0.4, 0.5) is 10.7 Å². The molecule has 7 heteroatoms. The van der Waals surface area contributed by atoms with E-state index in [2.05, 4.69) is 31.1 Å². The van der Waals surface area contributed by atoms with Gasteiger partial charge < -0.3 is 9.47 Å². The standard InChI is InChI=1S/C19H20N6O/c1-24-11-5-9-16(24)17-10-6-12-25(17)19(26)22-18-21-15(13-20-23-18)14-7-3-2-4-8-14/h2-5,7-9,11,13,17H,6,10,12H2,1H3,(H,21,22,23,26)/t17-/m0/s1. The number of hydrogen-bond acceptors (Lipinski definition) is 4. The van der Waals surface area contributed by atoms with Crippen LogP contribution in [-0.4, -0.2) is 37.2 Å². The van der Waals surface area contributed by atoms with E-state index < -0.39 is 0 Å². The summed E-state index contributed by atoms with van der Waals surface area (Å²) in [5.41, 5.74) is 2.74. The van der Waals surface area contributed by atoms with Crippen LogP contribution in [-0.2, 0) is 7.05 Å². The summed E-state index contributed by atoms with van der Waals surface area (Å²) >= 11 is 0. The van der Waals surface area contributed by atoms with E-state index in [0.29, 0.717) is 12.2 Å². The number of likely N-dealkylation sites (tertiary alicyclic amines) is 1. The molecule has 26 heavy (non-hydrogen) atoms. The molecule has 2 aromatic heterocycles. The molecule has 1 saturated heterocycles. The highest BCUT2D eigenvalue weighted by molar-refractivity contribution is 5.88. The Morgan fingerprint density at radius 2 is 2.04 bits per heavy atom. The van der Waals surface area contributed by atoms with Gasteiger partial charge in [-0.05, 0) is 25.0 Å². The van der Waals surface area contributed by atoms with Crippen molar-refractivity contribution in [1.82, 2.24) is 24.6 Å². The van der Waals surface area contributed by atoms with E-state index in [1.54, 1.807) is 6.20 Å². The van der Waals surface area contributed by atoms with Gasteiger partial charge in [-0.3, -0.25) is 5.32 Å². The number of urea groups is 1. The maximum atomic E-state index is 12.8. The van der Waals surface area contributed by atoms with Gasteiger partial charge in [0.25, 0.3) is 5.95 Å². The minimum Gasteiger partial charge on any atom is -0.353 e. The van der Waals surface area contributed by atoms with Crippen LogP contribution in [0, 0.1) is 0 Å². The zero-order chi connectivity index (χ0) is 17.9. The third-order valence-electron chi connectivity index (χ3n) is 4.69. The lowest BCUT2D eigenvalue weighted by atomic mass is 10.1. The minimum atomic E-state index is -0.194. The Morgan fingerprint density at radius 3 is 2.81 bits per heavy atom. The molecule has 1 aliphatic rings. The van der Waals surface area contributed by atoms with E-state index in [-0.39, 0.29) is 18.0 Å². The van der Waals surface area contributed by atoms with E-state index in [0.717, 1.165) is 24.1 Å². The monoisotopic (exact) mass is 348 g/mol. The first-order valence-electron chi connectivity index (χ1n) is 8.66. The number of carbonyl (C=O) groups excluding carboxylic acids is 1. The largest absolute Gasteiger partial charge is 0.353 e. The van der Waals surface area contributed by atoms with E-state index in [1.807, 2.05) is 54.5 Å². The molecule has 0 spiro atoms. The predicted molar refractivity (Wildman–Crippen MR) is 98.4 cm³/mol. The van der Waals surface area contributed by atoms with Gasteiger partial charge in [0.15, 0.2) is 0 Å². The quantitative estimate of drug-likeness (QED) is 0.788. The van der Waals surface area contributed by atoms with E-state index in [4.69, 9.17) is 0 Å². The second-order valence-corrected chi connectivity index (χ2v) is 6.36. The molecular formula is C19H20N6O. The van der Waals surface area contributed by atoms with Gasteiger partial charge in [-0.25, -0.2) is 9.78 Å². The molecule has 2 amide bonds. The molecule has 0 bridgehead atoms. The van der Waals surface area contributed by atoms with Crippen LogP contribution in [0.25, 0.3) is 11.3 Å². The van der Waals surface area contributed by atoms with Gasteiger partial charge >= 0.3 is 6.03 Å². The topological polar surface area (TPSA) is 75.9 Å². The normalized spacial score (nSPS) is 16.7. The first-order valence-corrected chi connectivity index (χ1v) is 8.66. The summed E-state index contributed by atoms with van der Waals surface area (Å²) in [4.78, 5) is 19.0. The van der Waals surface area contributed by atoms with E-state index in [9.17, 15) is 4.79 Å². The number of rotatable bonds is 3. The smallest absolute Gasteiger partial charge is 0.324 e. The van der Waals surface area contributed by atoms with Crippen molar-refractivity contribution in [3.8, 4) is 11.3 Å². The van der Waals surface area contributed by atoms with Crippen molar-refractivity contribution in [3.63, 3.8) is 0 Å². The van der Waals surface area contributed by atoms with Crippen LogP contribution in [0.3, 0.4) is 0 Å². The molecule has 7 nitrogen and oxygen atoms in total. The summed E-state index contributed by atoms with van der Waals surface area (Å²) in [6, 6.07) is 13.6. The number of amides is 2. The Labute approximate surface area is 151 Å². The maximum absolute atomic E-state index is 12.8. The summed E-state index contributed by atoms with van der Waals surface area (Å²) in [6.07, 6.45) is 5.52. The number of aromatic nitrogens is 4. The summed E-state index contributed by atoms with van der Waals surface area (Å²) in [6.45, 7) is 0.716. The molecule has 4 rings (SSSR count). The average molecular weight is 348 g/mol. The SMILES string of the molecule is Cn1cccc1[C@@H]1CCCN1C(=O)Nc1nncc(-c2ccccc2)n1. The third kappa shape index (κ3) is 3.15. The average Bonchev–Trinajstić information content (AvgIpc) is 3.31. The Balaban J connectivity index is 1.52. The van der Waals surface area contributed by atoms with Crippen LogP contribution in [0.1, 0.15) is 24.6 Å². The number of carbonyl (C=O) groups is 1. The molecule has 1 N–H and O–H groups in total. The van der Waals surface area contributed by atoms with Crippen LogP contribution >= 0.6 is 0 Å². The van der Waals surface area contributed by atoms with Gasteiger partial charge in [0.05, 0.1) is 17.9 Å². The van der Waals surface area contributed by atoms with E-state index >= 15 is 0 Å². The van der Waals surface area contributed by atoms with E-state index in [1.165, 1.54) is 0 Å². The van der Waals surface area contributed by atoms with Gasteiger partial charge in [0.1, 0.15) is 0 Å². The molecule has 1 atom stereocenters. The van der Waals surface area contributed by atoms with Gasteiger partial charge in [-0.2, -0.15) is 5.10 Å². The maximum Gasteiger partial charge on any atom is 0.324 e. The molecule has 1 fully saturated rings. The lowest BCUT2D eigenvalue weighted by Gasteiger charge is -2.25. The van der Waals surface area contributed by atoms with Crippen LogP contribution in [0.15, 0.2) is 54.9 Å². The van der Waals surface area contributed by atoms with Crippen LogP contribution in [0.5, 0.6) is 0 Å². The number of benzene rings is 1. The third-order valence-corrected chi connectivity index (χ3v) is 4.69. The molecule has 132 valence electrons. The summed E-state index contributed by atoms with van der Waals surface area (Å²) < 4.78 is 2.06. The number of nitrogens with one attached hydrogen (secondary N) is 1. The Hall–Kier alpha value is -3.22. The zero-order valence-corrected chi connectivity index (χ0v) is 14.5. The number of anilines is 1. The summed E-state index contributed by atoms with van der Waals surface area (Å²) in [5.74, 6) is 0.217. The van der Waals surface area contributed by atoms with Crippen LogP contribution in [0.2, 0.25) is 0 Å². The Morgan fingerprint density at radius 1 is 1.19 bits per heavy atom. The minimum absolute atomic E-state index is 0.0697. The van der Waals surface area contributed by atoms with Gasteiger partial charge in [0.2, 0.25) is 0 Å². The first kappa shape index (κ1) is 16.3. The summed E-state index contributed by atoms with van der Waals surface area (Å²) in [7, 11) is 2.00. The lowest BCUT2D eigenvalue weighted by Crippen LogP contribution is -2.35. The fourth-order valence-corrected chi connectivity index (χ4v) is 3.41. The Kier molecular flexibility index (Phi) is 4.35. The van der Waals surface area contributed by atoms with Gasteiger partial charge in [0, 0.05) is 31.0 Å². The molecule has 1 aliphatic heterocycles. The summed E-state index contributed by atoms with van der Waals surface area (Å²) in [5, 5.41) is 10.7. The van der Waals surface area contributed by atoms with Gasteiger partial charge in [-0.15, -0.1) is 5.10 Å². The molecule has 0 unspecified atom stereocenters. The number of nitrogens with zero attached hydrogens (tertiary/aromatic N) is 5. The second-order valence-electron chi connectivity index (χ2n) is 6.36. The van der Waals surface area contributed by atoms with Gasteiger partial charge in [-0.1, -0.05) is 30.3 Å². The molecule has 0 saturated carbocycles. The van der Waals surface area contributed by atoms with Crippen molar-refractivity contribution in [1.29, 1.82) is 0 Å².